The van der Waals surface area contributed by atoms with Crippen LogP contribution in [-0.4, -0.2) is 31.0 Å². The number of halogens is 1. The molecule has 1 atom stereocenters. The summed E-state index contributed by atoms with van der Waals surface area (Å²) in [5.41, 5.74) is 2.27. The molecule has 7 nitrogen and oxygen atoms in total. The minimum Gasteiger partial charge on any atom is -0.497 e. The van der Waals surface area contributed by atoms with E-state index in [0.29, 0.717) is 27.8 Å². The Balaban J connectivity index is 1.66. The van der Waals surface area contributed by atoms with Gasteiger partial charge < -0.3 is 18.8 Å². The third-order valence-corrected chi connectivity index (χ3v) is 6.58. The zero-order valence-electron chi connectivity index (χ0n) is 18.9. The van der Waals surface area contributed by atoms with Crippen molar-refractivity contribution in [2.45, 2.75) is 12.6 Å². The lowest BCUT2D eigenvalue weighted by Crippen LogP contribution is -2.29. The van der Waals surface area contributed by atoms with E-state index in [-0.39, 0.29) is 29.2 Å². The molecule has 8 heteroatoms. The van der Waals surface area contributed by atoms with Gasteiger partial charge in [-0.1, -0.05) is 40.2 Å². The molecule has 0 saturated carbocycles. The van der Waals surface area contributed by atoms with Gasteiger partial charge in [0.25, 0.3) is 5.91 Å². The number of fused-ring (bicyclic) bond motifs is 2. The normalized spacial score (nSPS) is 14.8. The highest BCUT2D eigenvalue weighted by Crippen LogP contribution is 2.39. The molecule has 0 aliphatic carbocycles. The predicted octanol–water partition coefficient (Wildman–Crippen LogP) is 5.10. The summed E-state index contributed by atoms with van der Waals surface area (Å²) in [6.07, 6.45) is 0. The van der Waals surface area contributed by atoms with Gasteiger partial charge in [-0.15, -0.1) is 0 Å². The standard InChI is InChI=1S/C27H20BrNO6/c1-33-19-10-3-15(4-11-19)14-29-23(16-5-7-17(8-6-16)27(32)34-2)22-24(30)20-13-18(28)9-12-21(20)35-25(22)26(29)31/h3-13,23H,14H2,1-2H3/t23-/m1/s1. The van der Waals surface area contributed by atoms with Gasteiger partial charge in [0, 0.05) is 11.0 Å². The van der Waals surface area contributed by atoms with Crippen LogP contribution >= 0.6 is 15.9 Å². The van der Waals surface area contributed by atoms with Crippen molar-refractivity contribution >= 4 is 38.8 Å². The number of amides is 1. The molecule has 1 aliphatic rings. The monoisotopic (exact) mass is 533 g/mol. The first-order valence-electron chi connectivity index (χ1n) is 10.8. The van der Waals surface area contributed by atoms with E-state index in [9.17, 15) is 14.4 Å². The number of carbonyl (C=O) groups is 2. The topological polar surface area (TPSA) is 86.0 Å². The summed E-state index contributed by atoms with van der Waals surface area (Å²) in [5.74, 6) is -0.113. The maximum Gasteiger partial charge on any atom is 0.337 e. The molecule has 1 amide bonds. The Morgan fingerprint density at radius 2 is 1.71 bits per heavy atom. The molecule has 0 fully saturated rings. The average molecular weight is 534 g/mol. The third-order valence-electron chi connectivity index (χ3n) is 6.09. The van der Waals surface area contributed by atoms with Crippen LogP contribution in [-0.2, 0) is 11.3 Å². The summed E-state index contributed by atoms with van der Waals surface area (Å²) in [4.78, 5) is 40.8. The van der Waals surface area contributed by atoms with Crippen molar-refractivity contribution in [1.82, 2.24) is 4.90 Å². The van der Waals surface area contributed by atoms with E-state index in [1.165, 1.54) is 7.11 Å². The van der Waals surface area contributed by atoms with E-state index >= 15 is 0 Å². The van der Waals surface area contributed by atoms with Crippen molar-refractivity contribution in [1.29, 1.82) is 0 Å². The van der Waals surface area contributed by atoms with E-state index < -0.39 is 12.0 Å². The first kappa shape index (κ1) is 22.9. The van der Waals surface area contributed by atoms with Gasteiger partial charge in [-0.3, -0.25) is 9.59 Å². The number of ether oxygens (including phenoxy) is 2. The number of rotatable bonds is 5. The van der Waals surface area contributed by atoms with Crippen LogP contribution in [0.25, 0.3) is 11.0 Å². The van der Waals surface area contributed by atoms with Crippen molar-refractivity contribution in [3.05, 3.63) is 109 Å². The summed E-state index contributed by atoms with van der Waals surface area (Å²) in [7, 11) is 2.90. The summed E-state index contributed by atoms with van der Waals surface area (Å²) < 4.78 is 16.7. The predicted molar refractivity (Wildman–Crippen MR) is 133 cm³/mol. The van der Waals surface area contributed by atoms with Crippen LogP contribution in [0.4, 0.5) is 0 Å². The zero-order chi connectivity index (χ0) is 24.7. The lowest BCUT2D eigenvalue weighted by Gasteiger charge is -2.25. The molecule has 4 aromatic rings. The quantitative estimate of drug-likeness (QED) is 0.332. The van der Waals surface area contributed by atoms with Crippen LogP contribution < -0.4 is 10.2 Å². The van der Waals surface area contributed by atoms with Crippen molar-refractivity contribution in [3.63, 3.8) is 0 Å². The van der Waals surface area contributed by atoms with E-state index in [1.54, 1.807) is 54.5 Å². The Bertz CT molecular complexity index is 1510. The highest BCUT2D eigenvalue weighted by Gasteiger charge is 2.42. The SMILES string of the molecule is COC(=O)c1ccc([C@@H]2c3c(oc4ccc(Br)cc4c3=O)C(=O)N2Cc2ccc(OC)cc2)cc1. The number of nitrogens with zero attached hydrogens (tertiary/aromatic N) is 1. The van der Waals surface area contributed by atoms with Gasteiger partial charge in [-0.05, 0) is 53.6 Å². The largest absolute Gasteiger partial charge is 0.497 e. The summed E-state index contributed by atoms with van der Waals surface area (Å²) >= 11 is 3.40. The lowest BCUT2D eigenvalue weighted by atomic mass is 9.97. The van der Waals surface area contributed by atoms with Crippen molar-refractivity contribution < 1.29 is 23.5 Å². The smallest absolute Gasteiger partial charge is 0.337 e. The molecule has 1 aliphatic heterocycles. The minimum atomic E-state index is -0.689. The molecule has 0 spiro atoms. The fraction of sp³-hybridized carbons (Fsp3) is 0.148. The summed E-state index contributed by atoms with van der Waals surface area (Å²) in [6.45, 7) is 0.246. The second kappa shape index (κ2) is 9.03. The Morgan fingerprint density at radius 1 is 1.00 bits per heavy atom. The van der Waals surface area contributed by atoms with Crippen LogP contribution in [0, 0.1) is 0 Å². The van der Waals surface area contributed by atoms with Crippen molar-refractivity contribution in [3.8, 4) is 5.75 Å². The van der Waals surface area contributed by atoms with Gasteiger partial charge in [0.2, 0.25) is 5.76 Å². The fourth-order valence-corrected chi connectivity index (χ4v) is 4.71. The van der Waals surface area contributed by atoms with Crippen molar-refractivity contribution in [2.75, 3.05) is 14.2 Å². The number of hydrogen-bond donors (Lipinski definition) is 0. The molecule has 0 N–H and O–H groups in total. The first-order valence-corrected chi connectivity index (χ1v) is 11.6. The van der Waals surface area contributed by atoms with E-state index in [0.717, 1.165) is 10.0 Å². The number of hydrogen-bond acceptors (Lipinski definition) is 6. The lowest BCUT2D eigenvalue weighted by molar-refractivity contribution is 0.0599. The number of methoxy groups -OCH3 is 2. The molecule has 0 saturated heterocycles. The van der Waals surface area contributed by atoms with E-state index in [2.05, 4.69) is 15.9 Å². The number of esters is 1. The van der Waals surface area contributed by atoms with E-state index in [4.69, 9.17) is 13.9 Å². The Morgan fingerprint density at radius 3 is 2.37 bits per heavy atom. The molecule has 3 aromatic carbocycles. The van der Waals surface area contributed by atoms with Gasteiger partial charge in [-0.25, -0.2) is 4.79 Å². The molecular weight excluding hydrogens is 514 g/mol. The first-order chi connectivity index (χ1) is 16.9. The van der Waals surface area contributed by atoms with Crippen LogP contribution in [0.5, 0.6) is 5.75 Å². The number of carbonyl (C=O) groups excluding carboxylic acids is 2. The molecule has 176 valence electrons. The summed E-state index contributed by atoms with van der Waals surface area (Å²) in [6, 6.07) is 18.5. The maximum absolute atomic E-state index is 13.7. The second-order valence-electron chi connectivity index (χ2n) is 8.11. The highest BCUT2D eigenvalue weighted by molar-refractivity contribution is 9.10. The van der Waals surface area contributed by atoms with Gasteiger partial charge in [-0.2, -0.15) is 0 Å². The fourth-order valence-electron chi connectivity index (χ4n) is 4.35. The second-order valence-corrected chi connectivity index (χ2v) is 9.03. The maximum atomic E-state index is 13.7. The molecule has 0 bridgehead atoms. The van der Waals surface area contributed by atoms with E-state index in [1.807, 2.05) is 24.3 Å². The van der Waals surface area contributed by atoms with Gasteiger partial charge in [0.05, 0.1) is 36.8 Å². The van der Waals surface area contributed by atoms with Gasteiger partial charge in [0.1, 0.15) is 11.3 Å². The molecule has 35 heavy (non-hydrogen) atoms. The zero-order valence-corrected chi connectivity index (χ0v) is 20.5. The minimum absolute atomic E-state index is 0.0281. The molecule has 2 heterocycles. The number of benzene rings is 3. The van der Waals surface area contributed by atoms with Crippen LogP contribution in [0.2, 0.25) is 0 Å². The Hall–Kier alpha value is -3.91. The molecular formula is C27H20BrNO6. The van der Waals surface area contributed by atoms with Crippen LogP contribution in [0.15, 0.2) is 80.4 Å². The third kappa shape index (κ3) is 4.00. The molecule has 0 radical (unpaired) electrons. The average Bonchev–Trinajstić information content (AvgIpc) is 3.16. The van der Waals surface area contributed by atoms with Crippen LogP contribution in [0.3, 0.4) is 0 Å². The van der Waals surface area contributed by atoms with Gasteiger partial charge in [0.15, 0.2) is 5.43 Å². The summed E-state index contributed by atoms with van der Waals surface area (Å²) in [5, 5.41) is 0.383. The Labute approximate surface area is 209 Å². The molecule has 5 rings (SSSR count). The molecule has 0 unspecified atom stereocenters. The van der Waals surface area contributed by atoms with Gasteiger partial charge >= 0.3 is 5.97 Å². The van der Waals surface area contributed by atoms with Crippen LogP contribution in [0.1, 0.15) is 43.6 Å². The highest BCUT2D eigenvalue weighted by atomic mass is 79.9. The van der Waals surface area contributed by atoms with Crippen molar-refractivity contribution in [2.24, 2.45) is 0 Å². The molecule has 1 aromatic heterocycles. The Kier molecular flexibility index (Phi) is 5.90.